The standard InChI is InChI=1S/C22H28N6O9/c1-35-6-7-36-21-25-17(23)13-18(26-21)28(22(34)24-13)8-10-2-4-11(5-3-10)19(33)27-20-16(32)15(31)14(30)12(9-29)37-20/h2-5,12,14-16,20,29-32H,6-9H2,1H3,(H,24,34)(H,27,33)(H2,23,25,26)/t12-,14+,15+,16-,20?/m1/s1. The van der Waals surface area contributed by atoms with Gasteiger partial charge in [0.2, 0.25) is 0 Å². The molecule has 1 aromatic carbocycles. The Bertz CT molecular complexity index is 1290. The van der Waals surface area contributed by atoms with E-state index in [9.17, 15) is 30.0 Å². The number of imidazole rings is 1. The van der Waals surface area contributed by atoms with Crippen molar-refractivity contribution in [1.29, 1.82) is 0 Å². The predicted octanol–water partition coefficient (Wildman–Crippen LogP) is -2.69. The van der Waals surface area contributed by atoms with Crippen molar-refractivity contribution in [1.82, 2.24) is 24.8 Å². The second-order valence-corrected chi connectivity index (χ2v) is 8.37. The lowest BCUT2D eigenvalue weighted by molar-refractivity contribution is -0.233. The van der Waals surface area contributed by atoms with Crippen molar-refractivity contribution < 1.29 is 39.4 Å². The zero-order valence-corrected chi connectivity index (χ0v) is 19.8. The number of methoxy groups -OCH3 is 1. The first-order valence-electron chi connectivity index (χ1n) is 11.3. The highest BCUT2D eigenvalue weighted by Gasteiger charge is 2.44. The highest BCUT2D eigenvalue weighted by Crippen LogP contribution is 2.21. The molecule has 0 aliphatic carbocycles. The van der Waals surface area contributed by atoms with Crippen molar-refractivity contribution in [3.8, 4) is 6.01 Å². The molecule has 1 aliphatic heterocycles. The van der Waals surface area contributed by atoms with Gasteiger partial charge in [-0.05, 0) is 17.7 Å². The molecule has 2 aromatic heterocycles. The van der Waals surface area contributed by atoms with Crippen LogP contribution >= 0.6 is 0 Å². The van der Waals surface area contributed by atoms with Crippen LogP contribution in [-0.4, -0.2) is 103 Å². The molecule has 0 spiro atoms. The van der Waals surface area contributed by atoms with Crippen LogP contribution in [0.25, 0.3) is 11.2 Å². The van der Waals surface area contributed by atoms with Crippen LogP contribution < -0.4 is 21.5 Å². The minimum Gasteiger partial charge on any atom is -0.461 e. The molecule has 1 amide bonds. The van der Waals surface area contributed by atoms with Gasteiger partial charge in [0.25, 0.3) is 5.91 Å². The highest BCUT2D eigenvalue weighted by molar-refractivity contribution is 5.94. The van der Waals surface area contributed by atoms with Crippen molar-refractivity contribution in [3.63, 3.8) is 0 Å². The van der Waals surface area contributed by atoms with Crippen LogP contribution in [0.3, 0.4) is 0 Å². The second-order valence-electron chi connectivity index (χ2n) is 8.37. The van der Waals surface area contributed by atoms with Gasteiger partial charge < -0.3 is 50.7 Å². The maximum absolute atomic E-state index is 12.7. The number of nitrogens with two attached hydrogens (primary N) is 1. The molecule has 1 fully saturated rings. The summed E-state index contributed by atoms with van der Waals surface area (Å²) in [4.78, 5) is 36.1. The lowest BCUT2D eigenvalue weighted by Crippen LogP contribution is -2.63. The van der Waals surface area contributed by atoms with E-state index in [1.165, 1.54) is 23.8 Å². The fraction of sp³-hybridized carbons (Fsp3) is 0.455. The lowest BCUT2D eigenvalue weighted by atomic mass is 9.98. The van der Waals surface area contributed by atoms with Gasteiger partial charge in [-0.3, -0.25) is 9.36 Å². The number of aromatic amines is 1. The summed E-state index contributed by atoms with van der Waals surface area (Å²) in [5, 5.41) is 41.6. The van der Waals surface area contributed by atoms with E-state index in [0.717, 1.165) is 0 Å². The molecule has 5 atom stereocenters. The third kappa shape index (κ3) is 5.56. The van der Waals surface area contributed by atoms with Gasteiger partial charge in [-0.2, -0.15) is 9.97 Å². The number of rotatable bonds is 9. The van der Waals surface area contributed by atoms with E-state index in [4.69, 9.17) is 19.9 Å². The zero-order valence-electron chi connectivity index (χ0n) is 19.8. The van der Waals surface area contributed by atoms with Gasteiger partial charge in [0.05, 0.1) is 19.8 Å². The number of nitrogens with zero attached hydrogens (tertiary/aromatic N) is 3. The van der Waals surface area contributed by atoms with Crippen LogP contribution in [0.1, 0.15) is 15.9 Å². The molecule has 15 nitrogen and oxygen atoms in total. The molecule has 1 saturated heterocycles. The van der Waals surface area contributed by atoms with E-state index in [2.05, 4.69) is 20.3 Å². The Balaban J connectivity index is 1.48. The molecular weight excluding hydrogens is 492 g/mol. The summed E-state index contributed by atoms with van der Waals surface area (Å²) < 4.78 is 17.0. The molecular formula is C22H28N6O9. The van der Waals surface area contributed by atoms with Crippen molar-refractivity contribution in [3.05, 3.63) is 45.9 Å². The maximum Gasteiger partial charge on any atom is 0.328 e. The largest absolute Gasteiger partial charge is 0.461 e. The van der Waals surface area contributed by atoms with E-state index in [1.54, 1.807) is 12.1 Å². The van der Waals surface area contributed by atoms with Crippen molar-refractivity contribution in [2.24, 2.45) is 0 Å². The number of hydrogen-bond donors (Lipinski definition) is 7. The number of carbonyl (C=O) groups excluding carboxylic acids is 1. The van der Waals surface area contributed by atoms with Crippen molar-refractivity contribution in [2.45, 2.75) is 37.2 Å². The first-order valence-corrected chi connectivity index (χ1v) is 11.3. The third-order valence-corrected chi connectivity index (χ3v) is 5.87. The summed E-state index contributed by atoms with van der Waals surface area (Å²) in [5.74, 6) is -0.577. The Morgan fingerprint density at radius 2 is 1.89 bits per heavy atom. The van der Waals surface area contributed by atoms with Crippen LogP contribution in [0.4, 0.5) is 5.82 Å². The number of anilines is 1. The van der Waals surface area contributed by atoms with Gasteiger partial charge >= 0.3 is 11.7 Å². The van der Waals surface area contributed by atoms with Gasteiger partial charge in [0.15, 0.2) is 17.7 Å². The molecule has 4 rings (SSSR count). The second kappa shape index (κ2) is 11.2. The molecule has 1 aliphatic rings. The van der Waals surface area contributed by atoms with Crippen molar-refractivity contribution >= 4 is 22.9 Å². The minimum atomic E-state index is -1.61. The molecule has 1 unspecified atom stereocenters. The number of benzene rings is 1. The summed E-state index contributed by atoms with van der Waals surface area (Å²) in [6.07, 6.45) is -7.25. The topological polar surface area (TPSA) is 227 Å². The highest BCUT2D eigenvalue weighted by atomic mass is 16.6. The number of H-pyrrole nitrogens is 1. The van der Waals surface area contributed by atoms with Crippen LogP contribution in [0, 0.1) is 0 Å². The minimum absolute atomic E-state index is 0.00462. The average molecular weight is 520 g/mol. The number of aliphatic hydroxyl groups excluding tert-OH is 4. The van der Waals surface area contributed by atoms with Gasteiger partial charge in [-0.15, -0.1) is 0 Å². The van der Waals surface area contributed by atoms with Crippen LogP contribution in [0.15, 0.2) is 29.1 Å². The summed E-state index contributed by atoms with van der Waals surface area (Å²) in [6, 6.07) is 6.23. The Morgan fingerprint density at radius 3 is 2.57 bits per heavy atom. The number of amides is 1. The normalized spacial score (nSPS) is 23.8. The Labute approximate surface area is 209 Å². The number of ether oxygens (including phenoxy) is 3. The molecule has 37 heavy (non-hydrogen) atoms. The fourth-order valence-electron chi connectivity index (χ4n) is 3.84. The quantitative estimate of drug-likeness (QED) is 0.143. The molecule has 0 saturated carbocycles. The van der Waals surface area contributed by atoms with Gasteiger partial charge in [-0.25, -0.2) is 4.79 Å². The average Bonchev–Trinajstić information content (AvgIpc) is 3.20. The summed E-state index contributed by atoms with van der Waals surface area (Å²) >= 11 is 0. The van der Waals surface area contributed by atoms with Crippen LogP contribution in [0.5, 0.6) is 6.01 Å². The van der Waals surface area contributed by atoms with E-state index in [0.29, 0.717) is 12.2 Å². The summed E-state index contributed by atoms with van der Waals surface area (Å²) in [7, 11) is 1.52. The Kier molecular flexibility index (Phi) is 8.01. The number of fused-ring (bicyclic) bond motifs is 1. The first-order chi connectivity index (χ1) is 17.7. The number of nitrogen functional groups attached to an aromatic ring is 1. The number of hydrogen-bond acceptors (Lipinski definition) is 12. The Hall–Kier alpha value is -3.60. The summed E-state index contributed by atoms with van der Waals surface area (Å²) in [6.45, 7) is -0.00171. The van der Waals surface area contributed by atoms with Crippen LogP contribution in [-0.2, 0) is 16.0 Å². The predicted molar refractivity (Wildman–Crippen MR) is 127 cm³/mol. The fourth-order valence-corrected chi connectivity index (χ4v) is 3.84. The van der Waals surface area contributed by atoms with E-state index in [-0.39, 0.29) is 41.7 Å². The zero-order chi connectivity index (χ0) is 26.7. The molecule has 200 valence electrons. The molecule has 0 bridgehead atoms. The number of nitrogens with one attached hydrogen (secondary N) is 2. The van der Waals surface area contributed by atoms with Gasteiger partial charge in [-0.1, -0.05) is 12.1 Å². The molecule has 3 aromatic rings. The molecule has 8 N–H and O–H groups in total. The number of carbonyl (C=O) groups is 1. The monoisotopic (exact) mass is 520 g/mol. The van der Waals surface area contributed by atoms with Crippen LogP contribution in [0.2, 0.25) is 0 Å². The lowest BCUT2D eigenvalue weighted by Gasteiger charge is -2.40. The third-order valence-electron chi connectivity index (χ3n) is 5.87. The van der Waals surface area contributed by atoms with E-state index < -0.39 is 48.8 Å². The smallest absolute Gasteiger partial charge is 0.328 e. The number of aromatic nitrogens is 4. The number of aliphatic hydroxyl groups is 4. The SMILES string of the molecule is COCCOc1nc(N)c2[nH]c(=O)n(Cc3ccc(C(=O)NC4O[C@H](CO)[C@H](O)[C@H](O)[C@H]4O)cc3)c2n1. The maximum atomic E-state index is 12.7. The van der Waals surface area contributed by atoms with E-state index >= 15 is 0 Å². The van der Waals surface area contributed by atoms with Gasteiger partial charge in [0, 0.05) is 12.7 Å². The van der Waals surface area contributed by atoms with Crippen molar-refractivity contribution in [2.75, 3.05) is 32.7 Å². The molecule has 0 radical (unpaired) electrons. The molecule has 15 heteroatoms. The van der Waals surface area contributed by atoms with Gasteiger partial charge in [0.1, 0.15) is 36.5 Å². The first kappa shape index (κ1) is 26.5. The van der Waals surface area contributed by atoms with E-state index in [1.807, 2.05) is 0 Å². The Morgan fingerprint density at radius 1 is 1.16 bits per heavy atom. The molecule has 3 heterocycles. The summed E-state index contributed by atoms with van der Waals surface area (Å²) in [5.41, 5.74) is 6.85.